The molecule has 0 amide bonds. The Morgan fingerprint density at radius 3 is 2.47 bits per heavy atom. The van der Waals surface area contributed by atoms with Gasteiger partial charge in [-0.3, -0.25) is 14.8 Å². The number of nitrogens with one attached hydrogen (secondary N) is 1. The molecule has 0 saturated heterocycles. The maximum atomic E-state index is 10.6. The van der Waals surface area contributed by atoms with E-state index in [0.717, 1.165) is 12.1 Å². The molecular weight excluding hydrogens is 246 g/mol. The van der Waals surface area contributed by atoms with Crippen molar-refractivity contribution >= 4 is 33.2 Å². The van der Waals surface area contributed by atoms with Gasteiger partial charge in [0.1, 0.15) is 5.02 Å². The third-order valence-electron chi connectivity index (χ3n) is 1.40. The van der Waals surface area contributed by atoms with Crippen molar-refractivity contribution in [2.75, 3.05) is 4.72 Å². The van der Waals surface area contributed by atoms with E-state index in [1.165, 1.54) is 6.07 Å². The van der Waals surface area contributed by atoms with E-state index in [-0.39, 0.29) is 16.4 Å². The van der Waals surface area contributed by atoms with Crippen LogP contribution in [0.1, 0.15) is 0 Å². The van der Waals surface area contributed by atoms with Gasteiger partial charge in [-0.25, -0.2) is 5.14 Å². The van der Waals surface area contributed by atoms with E-state index >= 15 is 0 Å². The van der Waals surface area contributed by atoms with Crippen molar-refractivity contribution in [2.45, 2.75) is 0 Å². The van der Waals surface area contributed by atoms with Crippen LogP contribution in [-0.2, 0) is 10.2 Å². The molecule has 0 aliphatic heterocycles. The maximum absolute atomic E-state index is 10.6. The molecule has 0 atom stereocenters. The molecule has 0 unspecified atom stereocenters. The summed E-state index contributed by atoms with van der Waals surface area (Å²) < 4.78 is 23.2. The van der Waals surface area contributed by atoms with Gasteiger partial charge in [-0.05, 0) is 12.1 Å². The number of nitrogens with zero attached hydrogens (tertiary/aromatic N) is 1. The molecule has 0 aliphatic rings. The molecule has 0 radical (unpaired) electrons. The van der Waals surface area contributed by atoms with Crippen LogP contribution in [0, 0.1) is 10.1 Å². The second-order valence-corrected chi connectivity index (χ2v) is 4.27. The summed E-state index contributed by atoms with van der Waals surface area (Å²) in [6, 6.07) is 3.37. The van der Waals surface area contributed by atoms with Gasteiger partial charge in [0.25, 0.3) is 15.9 Å². The molecule has 3 N–H and O–H groups in total. The van der Waals surface area contributed by atoms with Gasteiger partial charge in [0.05, 0.1) is 10.6 Å². The van der Waals surface area contributed by atoms with Crippen LogP contribution in [0.15, 0.2) is 18.2 Å². The van der Waals surface area contributed by atoms with E-state index in [1.54, 1.807) is 0 Å². The Morgan fingerprint density at radius 2 is 2.07 bits per heavy atom. The van der Waals surface area contributed by atoms with Crippen LogP contribution in [-0.4, -0.2) is 13.3 Å². The second-order valence-electron chi connectivity index (χ2n) is 2.57. The number of nitrogens with two attached hydrogens (primary N) is 1. The molecule has 0 fully saturated rings. The summed E-state index contributed by atoms with van der Waals surface area (Å²) in [5, 5.41) is 14.9. The smallest absolute Gasteiger partial charge is 0.271 e. The zero-order chi connectivity index (χ0) is 11.6. The largest absolute Gasteiger partial charge is 0.296 e. The van der Waals surface area contributed by atoms with E-state index in [2.05, 4.69) is 0 Å². The molecule has 0 aliphatic carbocycles. The maximum Gasteiger partial charge on any atom is 0.296 e. The SMILES string of the molecule is NS(=O)(=O)Nc1ccc([N+](=O)[O-])c(Cl)c1. The fourth-order valence-corrected chi connectivity index (χ4v) is 1.59. The standard InChI is InChI=1S/C6H6ClN3O4S/c7-5-3-4(9-15(8,13)14)1-2-6(5)10(11)12/h1-3,9H,(H2,8,13,14). The number of hydrogen-bond donors (Lipinski definition) is 2. The Labute approximate surface area is 90.2 Å². The molecule has 82 valence electrons. The lowest BCUT2D eigenvalue weighted by atomic mass is 10.3. The number of rotatable bonds is 3. The van der Waals surface area contributed by atoms with Crippen LogP contribution >= 0.6 is 11.6 Å². The number of hydrogen-bond acceptors (Lipinski definition) is 4. The molecule has 1 aromatic rings. The molecule has 1 aromatic carbocycles. The van der Waals surface area contributed by atoms with Gasteiger partial charge in [-0.2, -0.15) is 8.42 Å². The van der Waals surface area contributed by atoms with Crippen LogP contribution in [0.5, 0.6) is 0 Å². The van der Waals surface area contributed by atoms with Crippen LogP contribution < -0.4 is 9.86 Å². The lowest BCUT2D eigenvalue weighted by Gasteiger charge is -2.03. The number of benzene rings is 1. The second kappa shape index (κ2) is 4.01. The first kappa shape index (κ1) is 11.7. The van der Waals surface area contributed by atoms with Crippen molar-refractivity contribution in [1.29, 1.82) is 0 Å². The lowest BCUT2D eigenvalue weighted by molar-refractivity contribution is -0.384. The van der Waals surface area contributed by atoms with Crippen molar-refractivity contribution < 1.29 is 13.3 Å². The van der Waals surface area contributed by atoms with Crippen molar-refractivity contribution in [1.82, 2.24) is 0 Å². The summed E-state index contributed by atoms with van der Waals surface area (Å²) in [7, 11) is -3.91. The molecule has 15 heavy (non-hydrogen) atoms. The zero-order valence-corrected chi connectivity index (χ0v) is 8.75. The number of halogens is 1. The third-order valence-corrected chi connectivity index (χ3v) is 2.23. The first-order valence-corrected chi connectivity index (χ1v) is 5.46. The van der Waals surface area contributed by atoms with Gasteiger partial charge < -0.3 is 0 Å². The topological polar surface area (TPSA) is 115 Å². The lowest BCUT2D eigenvalue weighted by Crippen LogP contribution is -2.21. The van der Waals surface area contributed by atoms with Gasteiger partial charge in [0, 0.05) is 6.07 Å². The Bertz CT molecular complexity index is 501. The molecule has 1 rings (SSSR count). The average molecular weight is 252 g/mol. The minimum Gasteiger partial charge on any atom is -0.271 e. The minimum absolute atomic E-state index is 0.0631. The highest BCUT2D eigenvalue weighted by atomic mass is 35.5. The van der Waals surface area contributed by atoms with Gasteiger partial charge in [-0.15, -0.1) is 0 Å². The summed E-state index contributed by atoms with van der Waals surface area (Å²) in [4.78, 5) is 9.70. The zero-order valence-electron chi connectivity index (χ0n) is 7.18. The van der Waals surface area contributed by atoms with Gasteiger partial charge in [-0.1, -0.05) is 11.6 Å². The summed E-state index contributed by atoms with van der Waals surface area (Å²) in [5.74, 6) is 0. The normalized spacial score (nSPS) is 11.1. The molecule has 7 nitrogen and oxygen atoms in total. The van der Waals surface area contributed by atoms with Crippen molar-refractivity contribution in [3.8, 4) is 0 Å². The quantitative estimate of drug-likeness (QED) is 0.612. The monoisotopic (exact) mass is 251 g/mol. The molecule has 0 aromatic heterocycles. The average Bonchev–Trinajstić information content (AvgIpc) is 1.99. The fourth-order valence-electron chi connectivity index (χ4n) is 0.883. The first-order valence-electron chi connectivity index (χ1n) is 3.54. The van der Waals surface area contributed by atoms with Crippen molar-refractivity contribution in [3.63, 3.8) is 0 Å². The highest BCUT2D eigenvalue weighted by molar-refractivity contribution is 7.90. The van der Waals surface area contributed by atoms with Gasteiger partial charge >= 0.3 is 0 Å². The third kappa shape index (κ3) is 3.35. The Hall–Kier alpha value is -1.38. The molecule has 0 bridgehead atoms. The summed E-state index contributed by atoms with van der Waals surface area (Å²) in [6.07, 6.45) is 0. The first-order chi connectivity index (χ1) is 6.79. The van der Waals surface area contributed by atoms with Crippen molar-refractivity contribution in [3.05, 3.63) is 33.3 Å². The minimum atomic E-state index is -3.91. The van der Waals surface area contributed by atoms with Gasteiger partial charge in [0.2, 0.25) is 0 Å². The molecule has 0 heterocycles. The molecule has 0 spiro atoms. The number of anilines is 1. The number of nitro groups is 1. The van der Waals surface area contributed by atoms with Gasteiger partial charge in [0.15, 0.2) is 0 Å². The van der Waals surface area contributed by atoms with Crippen LogP contribution in [0.4, 0.5) is 11.4 Å². The van der Waals surface area contributed by atoms with E-state index in [4.69, 9.17) is 16.7 Å². The summed E-state index contributed by atoms with van der Waals surface area (Å²) in [5.41, 5.74) is -0.246. The van der Waals surface area contributed by atoms with E-state index < -0.39 is 15.1 Å². The van der Waals surface area contributed by atoms with E-state index in [0.29, 0.717) is 0 Å². The Morgan fingerprint density at radius 1 is 1.47 bits per heavy atom. The van der Waals surface area contributed by atoms with Crippen molar-refractivity contribution in [2.24, 2.45) is 5.14 Å². The summed E-state index contributed by atoms with van der Waals surface area (Å²) in [6.45, 7) is 0. The van der Waals surface area contributed by atoms with E-state index in [1.807, 2.05) is 4.72 Å². The highest BCUT2D eigenvalue weighted by Crippen LogP contribution is 2.27. The van der Waals surface area contributed by atoms with Crippen LogP contribution in [0.3, 0.4) is 0 Å². The van der Waals surface area contributed by atoms with Crippen LogP contribution in [0.2, 0.25) is 5.02 Å². The predicted octanol–water partition coefficient (Wildman–Crippen LogP) is 0.864. The Kier molecular flexibility index (Phi) is 3.12. The number of nitro benzene ring substituents is 1. The molecule has 0 saturated carbocycles. The van der Waals surface area contributed by atoms with Crippen LogP contribution in [0.25, 0.3) is 0 Å². The molecule has 9 heteroatoms. The predicted molar refractivity (Wildman–Crippen MR) is 54.8 cm³/mol. The fraction of sp³-hybridized carbons (Fsp3) is 0. The molecular formula is C6H6ClN3O4S. The Balaban J connectivity index is 3.07. The van der Waals surface area contributed by atoms with E-state index in [9.17, 15) is 18.5 Å². The highest BCUT2D eigenvalue weighted by Gasteiger charge is 2.13. The summed E-state index contributed by atoms with van der Waals surface area (Å²) >= 11 is 5.54.